The van der Waals surface area contributed by atoms with Crippen LogP contribution in [0.2, 0.25) is 0 Å². The van der Waals surface area contributed by atoms with E-state index in [1.165, 1.54) is 11.3 Å². The highest BCUT2D eigenvalue weighted by atomic mass is 32.1. The largest absolute Gasteiger partial charge is 0.302 e. The summed E-state index contributed by atoms with van der Waals surface area (Å²) in [7, 11) is 0. The molecule has 0 aliphatic carbocycles. The van der Waals surface area contributed by atoms with Crippen LogP contribution in [0.5, 0.6) is 0 Å². The fourth-order valence-corrected chi connectivity index (χ4v) is 3.67. The molecule has 0 aliphatic rings. The number of aromatic nitrogens is 2. The molecule has 2 heterocycles. The minimum Gasteiger partial charge on any atom is -0.302 e. The first-order valence-electron chi connectivity index (χ1n) is 6.92. The lowest BCUT2D eigenvalue weighted by molar-refractivity contribution is -0.116. The molecule has 112 valence electrons. The van der Waals surface area contributed by atoms with E-state index < -0.39 is 0 Å². The van der Waals surface area contributed by atoms with E-state index >= 15 is 0 Å². The second-order valence-corrected chi connectivity index (χ2v) is 6.55. The van der Waals surface area contributed by atoms with Gasteiger partial charge in [-0.15, -0.1) is 11.3 Å². The van der Waals surface area contributed by atoms with Crippen molar-refractivity contribution in [1.29, 1.82) is 0 Å². The van der Waals surface area contributed by atoms with Crippen LogP contribution in [0.1, 0.15) is 17.8 Å². The summed E-state index contributed by atoms with van der Waals surface area (Å²) < 4.78 is 0. The molecule has 0 aliphatic heterocycles. The number of anilines is 1. The summed E-state index contributed by atoms with van der Waals surface area (Å²) in [5, 5.41) is 5.50. The number of amides is 1. The van der Waals surface area contributed by atoms with Crippen LogP contribution in [0, 0.1) is 6.92 Å². The Bertz CT molecular complexity index is 751. The van der Waals surface area contributed by atoms with E-state index in [0.717, 1.165) is 21.8 Å². The third-order valence-corrected chi connectivity index (χ3v) is 4.93. The minimum absolute atomic E-state index is 0.0265. The molecule has 1 aromatic carbocycles. The van der Waals surface area contributed by atoms with E-state index in [1.807, 2.05) is 42.6 Å². The van der Waals surface area contributed by atoms with Crippen molar-refractivity contribution in [2.75, 3.05) is 5.32 Å². The zero-order chi connectivity index (χ0) is 15.4. The Morgan fingerprint density at radius 2 is 2.09 bits per heavy atom. The van der Waals surface area contributed by atoms with E-state index in [9.17, 15) is 4.79 Å². The maximum atomic E-state index is 12.0. The van der Waals surface area contributed by atoms with Crippen LogP contribution in [0.3, 0.4) is 0 Å². The summed E-state index contributed by atoms with van der Waals surface area (Å²) in [5.74, 6) is -0.0265. The number of rotatable bonds is 5. The number of carbonyl (C=O) groups excluding carboxylic acids is 1. The topological polar surface area (TPSA) is 54.9 Å². The van der Waals surface area contributed by atoms with Crippen LogP contribution in [-0.2, 0) is 11.2 Å². The Kier molecular flexibility index (Phi) is 4.60. The molecule has 0 spiro atoms. The lowest BCUT2D eigenvalue weighted by atomic mass is 10.2. The molecule has 1 N–H and O–H groups in total. The van der Waals surface area contributed by atoms with Gasteiger partial charge in [0.15, 0.2) is 5.13 Å². The smallest absolute Gasteiger partial charge is 0.226 e. The first-order chi connectivity index (χ1) is 10.7. The van der Waals surface area contributed by atoms with E-state index in [-0.39, 0.29) is 5.91 Å². The van der Waals surface area contributed by atoms with Crippen molar-refractivity contribution in [2.24, 2.45) is 0 Å². The van der Waals surface area contributed by atoms with Gasteiger partial charge in [0, 0.05) is 11.8 Å². The van der Waals surface area contributed by atoms with E-state index in [1.54, 1.807) is 16.8 Å². The SMILES string of the molecule is Cc1nc(NC(=O)CCc2cscn2)sc1-c1ccccc1. The molecule has 0 fully saturated rings. The zero-order valence-electron chi connectivity index (χ0n) is 12.1. The van der Waals surface area contributed by atoms with Crippen LogP contribution in [-0.4, -0.2) is 15.9 Å². The predicted molar refractivity (Wildman–Crippen MR) is 91.4 cm³/mol. The molecule has 6 heteroatoms. The molecule has 0 bridgehead atoms. The number of nitrogens with one attached hydrogen (secondary N) is 1. The molecule has 3 aromatic rings. The van der Waals surface area contributed by atoms with Gasteiger partial charge in [0.1, 0.15) is 0 Å². The lowest BCUT2D eigenvalue weighted by Gasteiger charge is -1.99. The van der Waals surface area contributed by atoms with Gasteiger partial charge >= 0.3 is 0 Å². The third-order valence-electron chi connectivity index (χ3n) is 3.17. The normalized spacial score (nSPS) is 10.6. The molecular weight excluding hydrogens is 314 g/mol. The van der Waals surface area contributed by atoms with Crippen molar-refractivity contribution in [3.05, 3.63) is 52.6 Å². The average molecular weight is 329 g/mol. The maximum absolute atomic E-state index is 12.0. The van der Waals surface area contributed by atoms with Crippen molar-refractivity contribution in [3.63, 3.8) is 0 Å². The van der Waals surface area contributed by atoms with E-state index in [2.05, 4.69) is 15.3 Å². The second-order valence-electron chi connectivity index (χ2n) is 4.83. The van der Waals surface area contributed by atoms with Crippen LogP contribution in [0.4, 0.5) is 5.13 Å². The number of thiazole rings is 2. The molecule has 0 radical (unpaired) electrons. The van der Waals surface area contributed by atoms with Crippen molar-refractivity contribution in [1.82, 2.24) is 9.97 Å². The van der Waals surface area contributed by atoms with E-state index in [0.29, 0.717) is 18.0 Å². The first-order valence-corrected chi connectivity index (χ1v) is 8.68. The summed E-state index contributed by atoms with van der Waals surface area (Å²) in [4.78, 5) is 21.7. The quantitative estimate of drug-likeness (QED) is 0.765. The van der Waals surface area contributed by atoms with Crippen LogP contribution in [0.15, 0.2) is 41.2 Å². The Hall–Kier alpha value is -2.05. The fraction of sp³-hybridized carbons (Fsp3) is 0.188. The molecule has 22 heavy (non-hydrogen) atoms. The Morgan fingerprint density at radius 1 is 1.27 bits per heavy atom. The highest BCUT2D eigenvalue weighted by Gasteiger charge is 2.12. The molecule has 3 rings (SSSR count). The summed E-state index contributed by atoms with van der Waals surface area (Å²) in [5.41, 5.74) is 4.80. The summed E-state index contributed by atoms with van der Waals surface area (Å²) >= 11 is 3.05. The molecular formula is C16H15N3OS2. The van der Waals surface area contributed by atoms with Gasteiger partial charge in [0.2, 0.25) is 5.91 Å². The van der Waals surface area contributed by atoms with Gasteiger partial charge in [-0.05, 0) is 18.9 Å². The summed E-state index contributed by atoms with van der Waals surface area (Å²) in [6, 6.07) is 10.1. The molecule has 0 saturated carbocycles. The number of benzene rings is 1. The molecule has 0 atom stereocenters. The standard InChI is InChI=1S/C16H15N3OS2/c1-11-15(12-5-3-2-4-6-12)22-16(18-11)19-14(20)8-7-13-9-21-10-17-13/h2-6,9-10H,7-8H2,1H3,(H,18,19,20). The first kappa shape index (κ1) is 14.9. The van der Waals surface area contributed by atoms with Gasteiger partial charge in [-0.25, -0.2) is 9.97 Å². The molecule has 0 saturated heterocycles. The number of hydrogen-bond acceptors (Lipinski definition) is 5. The van der Waals surface area contributed by atoms with Crippen molar-refractivity contribution in [2.45, 2.75) is 19.8 Å². The van der Waals surface area contributed by atoms with Gasteiger partial charge < -0.3 is 5.32 Å². The van der Waals surface area contributed by atoms with Crippen LogP contribution >= 0.6 is 22.7 Å². The van der Waals surface area contributed by atoms with Gasteiger partial charge in [0.05, 0.1) is 21.8 Å². The number of carbonyl (C=O) groups is 1. The predicted octanol–water partition coefficient (Wildman–Crippen LogP) is 4.15. The zero-order valence-corrected chi connectivity index (χ0v) is 13.7. The van der Waals surface area contributed by atoms with Crippen molar-refractivity contribution < 1.29 is 4.79 Å². The van der Waals surface area contributed by atoms with Crippen molar-refractivity contribution >= 4 is 33.7 Å². The van der Waals surface area contributed by atoms with Gasteiger partial charge in [0.25, 0.3) is 0 Å². The Labute approximate surface area is 136 Å². The summed E-state index contributed by atoms with van der Waals surface area (Å²) in [6.07, 6.45) is 1.08. The van der Waals surface area contributed by atoms with Crippen LogP contribution < -0.4 is 5.32 Å². The van der Waals surface area contributed by atoms with Gasteiger partial charge in [-0.2, -0.15) is 0 Å². The van der Waals surface area contributed by atoms with Gasteiger partial charge in [-0.1, -0.05) is 41.7 Å². The third kappa shape index (κ3) is 3.58. The van der Waals surface area contributed by atoms with Crippen molar-refractivity contribution in [3.8, 4) is 10.4 Å². The van der Waals surface area contributed by atoms with Crippen LogP contribution in [0.25, 0.3) is 10.4 Å². The molecule has 0 unspecified atom stereocenters. The Balaban J connectivity index is 1.64. The number of aryl methyl sites for hydroxylation is 2. The number of nitrogens with zero attached hydrogens (tertiary/aromatic N) is 2. The highest BCUT2D eigenvalue weighted by molar-refractivity contribution is 7.19. The van der Waals surface area contributed by atoms with Gasteiger partial charge in [-0.3, -0.25) is 4.79 Å². The molecule has 2 aromatic heterocycles. The van der Waals surface area contributed by atoms with E-state index in [4.69, 9.17) is 0 Å². The maximum Gasteiger partial charge on any atom is 0.226 e. The Morgan fingerprint density at radius 3 is 2.82 bits per heavy atom. The average Bonchev–Trinajstić information content (AvgIpc) is 3.16. The lowest BCUT2D eigenvalue weighted by Crippen LogP contribution is -2.12. The highest BCUT2D eigenvalue weighted by Crippen LogP contribution is 2.32. The molecule has 4 nitrogen and oxygen atoms in total. The monoisotopic (exact) mass is 329 g/mol. The minimum atomic E-state index is -0.0265. The number of hydrogen-bond donors (Lipinski definition) is 1. The summed E-state index contributed by atoms with van der Waals surface area (Å²) in [6.45, 7) is 1.96. The fourth-order valence-electron chi connectivity index (χ4n) is 2.09. The molecule has 1 amide bonds. The second kappa shape index (κ2) is 6.81.